The number of hydrogen-bond donors (Lipinski definition) is 2. The van der Waals surface area contributed by atoms with Crippen molar-refractivity contribution in [2.75, 3.05) is 4.43 Å². The van der Waals surface area contributed by atoms with Gasteiger partial charge in [-0.2, -0.15) is 0 Å². The summed E-state index contributed by atoms with van der Waals surface area (Å²) in [5.74, 6) is 0. The minimum atomic E-state index is 0.481. The Morgan fingerprint density at radius 3 is 2.44 bits per heavy atom. The van der Waals surface area contributed by atoms with Gasteiger partial charge in [-0.05, 0) is 29.0 Å². The number of hydrogen-bond acceptors (Lipinski definition) is 1. The van der Waals surface area contributed by atoms with Crippen molar-refractivity contribution in [1.29, 1.82) is 5.41 Å². The highest BCUT2D eigenvalue weighted by Crippen LogP contribution is 1.97. The largest absolute Gasteiger partial charge is 0.362 e. The second kappa shape index (κ2) is 5.70. The molecule has 2 nitrogen and oxygen atoms in total. The van der Waals surface area contributed by atoms with Gasteiger partial charge in [0.25, 0.3) is 0 Å². The SMILES string of the molecule is CCC(CI)NC(=N)I. The van der Waals surface area contributed by atoms with Crippen LogP contribution in [0.25, 0.3) is 0 Å². The minimum absolute atomic E-state index is 0.481. The van der Waals surface area contributed by atoms with Gasteiger partial charge in [-0.25, -0.2) is 0 Å². The lowest BCUT2D eigenvalue weighted by atomic mass is 10.3. The summed E-state index contributed by atoms with van der Waals surface area (Å²) in [5, 5.41) is 10.1. The predicted octanol–water partition coefficient (Wildman–Crippen LogP) is 2.16. The molecule has 1 atom stereocenters. The zero-order chi connectivity index (χ0) is 7.28. The van der Waals surface area contributed by atoms with E-state index in [9.17, 15) is 0 Å². The molecule has 54 valence electrons. The van der Waals surface area contributed by atoms with E-state index in [1.165, 1.54) is 0 Å². The third-order valence-corrected chi connectivity index (χ3v) is 2.38. The lowest BCUT2D eigenvalue weighted by Gasteiger charge is -2.11. The first-order valence-corrected chi connectivity index (χ1v) is 5.37. The van der Waals surface area contributed by atoms with E-state index in [4.69, 9.17) is 5.41 Å². The molecule has 0 aromatic carbocycles. The first-order chi connectivity index (χ1) is 4.20. The molecule has 0 aromatic heterocycles. The quantitative estimate of drug-likeness (QED) is 0.264. The molecule has 0 heterocycles. The summed E-state index contributed by atoms with van der Waals surface area (Å²) in [6.07, 6.45) is 1.09. The molecule has 1 unspecified atom stereocenters. The highest BCUT2D eigenvalue weighted by Gasteiger charge is 2.01. The summed E-state index contributed by atoms with van der Waals surface area (Å²) in [4.78, 5) is 0. The van der Waals surface area contributed by atoms with Gasteiger partial charge < -0.3 is 5.32 Å². The Bertz CT molecular complexity index is 91.0. The fourth-order valence-electron chi connectivity index (χ4n) is 0.429. The third-order valence-electron chi connectivity index (χ3n) is 1.01. The number of halogens is 2. The normalized spacial score (nSPS) is 12.8. The monoisotopic (exact) mass is 352 g/mol. The zero-order valence-corrected chi connectivity index (χ0v) is 9.56. The molecule has 0 aliphatic carbocycles. The van der Waals surface area contributed by atoms with Crippen LogP contribution in [0.4, 0.5) is 0 Å². The van der Waals surface area contributed by atoms with Gasteiger partial charge in [0.05, 0.1) is 0 Å². The maximum atomic E-state index is 7.10. The second-order valence-electron chi connectivity index (χ2n) is 1.72. The molecule has 9 heavy (non-hydrogen) atoms. The summed E-state index contributed by atoms with van der Waals surface area (Å²) >= 11 is 4.29. The number of nitrogens with one attached hydrogen (secondary N) is 2. The van der Waals surface area contributed by atoms with E-state index in [0.29, 0.717) is 9.88 Å². The fourth-order valence-corrected chi connectivity index (χ4v) is 1.71. The Hall–Kier alpha value is 0.930. The van der Waals surface area contributed by atoms with Gasteiger partial charge >= 0.3 is 0 Å². The van der Waals surface area contributed by atoms with Crippen molar-refractivity contribution in [3.63, 3.8) is 0 Å². The fraction of sp³-hybridized carbons (Fsp3) is 0.800. The van der Waals surface area contributed by atoms with Crippen LogP contribution < -0.4 is 5.32 Å². The van der Waals surface area contributed by atoms with Gasteiger partial charge in [-0.1, -0.05) is 29.5 Å². The smallest absolute Gasteiger partial charge is 0.157 e. The van der Waals surface area contributed by atoms with E-state index in [0.717, 1.165) is 10.8 Å². The average molecular weight is 352 g/mol. The molecule has 0 saturated carbocycles. The maximum Gasteiger partial charge on any atom is 0.157 e. The maximum absolute atomic E-state index is 7.10. The number of amidine groups is 1. The predicted molar refractivity (Wildman–Crippen MR) is 57.8 cm³/mol. The molecule has 0 bridgehead atoms. The lowest BCUT2D eigenvalue weighted by Crippen LogP contribution is -2.31. The standard InChI is InChI=1S/C5H10I2N2/c1-2-4(3-6)9-5(7)8/h4H,2-3H2,1H3,(H2,8,9). The van der Waals surface area contributed by atoms with Crippen LogP contribution in [0.3, 0.4) is 0 Å². The first-order valence-electron chi connectivity index (χ1n) is 2.77. The lowest BCUT2D eigenvalue weighted by molar-refractivity contribution is 0.664. The number of rotatable bonds is 3. The van der Waals surface area contributed by atoms with Crippen LogP contribution in [-0.2, 0) is 0 Å². The molecule has 4 heteroatoms. The molecule has 0 spiro atoms. The van der Waals surface area contributed by atoms with Crippen molar-refractivity contribution in [2.24, 2.45) is 0 Å². The first kappa shape index (κ1) is 9.93. The molecule has 0 rings (SSSR count). The summed E-state index contributed by atoms with van der Waals surface area (Å²) in [5.41, 5.74) is 0. The molecular weight excluding hydrogens is 342 g/mol. The van der Waals surface area contributed by atoms with E-state index in [-0.39, 0.29) is 0 Å². The Labute approximate surface area is 83.0 Å². The molecule has 0 amide bonds. The van der Waals surface area contributed by atoms with E-state index in [1.807, 2.05) is 22.6 Å². The minimum Gasteiger partial charge on any atom is -0.362 e. The van der Waals surface area contributed by atoms with Crippen LogP contribution in [0.2, 0.25) is 0 Å². The van der Waals surface area contributed by atoms with Crippen molar-refractivity contribution in [3.8, 4) is 0 Å². The molecule has 0 radical (unpaired) electrons. The van der Waals surface area contributed by atoms with Gasteiger partial charge in [0.15, 0.2) is 3.84 Å². The van der Waals surface area contributed by atoms with E-state index in [2.05, 4.69) is 34.8 Å². The highest BCUT2D eigenvalue weighted by atomic mass is 127. The highest BCUT2D eigenvalue weighted by molar-refractivity contribution is 14.1. The molecule has 2 N–H and O–H groups in total. The van der Waals surface area contributed by atoms with Crippen LogP contribution in [0.15, 0.2) is 0 Å². The molecule has 0 aliphatic heterocycles. The van der Waals surface area contributed by atoms with Crippen molar-refractivity contribution >= 4 is 49.0 Å². The Morgan fingerprint density at radius 1 is 1.78 bits per heavy atom. The third kappa shape index (κ3) is 5.38. The van der Waals surface area contributed by atoms with E-state index >= 15 is 0 Å². The van der Waals surface area contributed by atoms with Crippen molar-refractivity contribution in [1.82, 2.24) is 5.32 Å². The molecule has 0 aromatic rings. The summed E-state index contributed by atoms with van der Waals surface area (Å²) < 4.78 is 1.61. The summed E-state index contributed by atoms with van der Waals surface area (Å²) in [6, 6.07) is 0.481. The number of alkyl halides is 1. The van der Waals surface area contributed by atoms with Crippen LogP contribution in [0.5, 0.6) is 0 Å². The molecule has 0 saturated heterocycles. The van der Waals surface area contributed by atoms with Crippen LogP contribution in [0, 0.1) is 5.41 Å². The van der Waals surface area contributed by atoms with Crippen molar-refractivity contribution < 1.29 is 0 Å². The summed E-state index contributed by atoms with van der Waals surface area (Å²) in [6.45, 7) is 2.12. The van der Waals surface area contributed by atoms with Gasteiger partial charge in [-0.3, -0.25) is 5.41 Å². The molecule has 0 aliphatic rings. The van der Waals surface area contributed by atoms with Crippen LogP contribution >= 0.6 is 45.2 Å². The van der Waals surface area contributed by atoms with Gasteiger partial charge in [-0.15, -0.1) is 0 Å². The van der Waals surface area contributed by atoms with E-state index in [1.54, 1.807) is 0 Å². The molecular formula is C5H10I2N2. The van der Waals surface area contributed by atoms with Crippen molar-refractivity contribution in [3.05, 3.63) is 0 Å². The topological polar surface area (TPSA) is 35.9 Å². The molecule has 0 fully saturated rings. The Kier molecular flexibility index (Phi) is 6.28. The van der Waals surface area contributed by atoms with Gasteiger partial charge in [0, 0.05) is 10.5 Å². The average Bonchev–Trinajstić information content (AvgIpc) is 1.82. The van der Waals surface area contributed by atoms with Crippen LogP contribution in [-0.4, -0.2) is 14.3 Å². The van der Waals surface area contributed by atoms with E-state index < -0.39 is 0 Å². The van der Waals surface area contributed by atoms with Crippen LogP contribution in [0.1, 0.15) is 13.3 Å². The van der Waals surface area contributed by atoms with Gasteiger partial charge in [0.2, 0.25) is 0 Å². The Morgan fingerprint density at radius 2 is 2.33 bits per heavy atom. The summed E-state index contributed by atoms with van der Waals surface area (Å²) in [7, 11) is 0. The zero-order valence-electron chi connectivity index (χ0n) is 5.25. The van der Waals surface area contributed by atoms with Gasteiger partial charge in [0.1, 0.15) is 0 Å². The Balaban J connectivity index is 3.43. The second-order valence-corrected chi connectivity index (χ2v) is 3.68. The van der Waals surface area contributed by atoms with Crippen molar-refractivity contribution in [2.45, 2.75) is 19.4 Å².